The summed E-state index contributed by atoms with van der Waals surface area (Å²) in [6, 6.07) is 7.60. The normalized spacial score (nSPS) is 11.0. The quantitative estimate of drug-likeness (QED) is 0.744. The smallest absolute Gasteiger partial charge is 0.330 e. The van der Waals surface area contributed by atoms with Crippen molar-refractivity contribution in [2.45, 2.75) is 13.5 Å². The highest BCUT2D eigenvalue weighted by molar-refractivity contribution is 5.80. The molecule has 0 amide bonds. The minimum absolute atomic E-state index is 0.597. The van der Waals surface area contributed by atoms with E-state index >= 15 is 0 Å². The minimum atomic E-state index is -0.945. The number of allylic oxidation sites excluding steroid dienone is 1. The average Bonchev–Trinajstić information content (AvgIpc) is 2.26. The fraction of sp³-hybridized carbons (Fsp3) is 0.250. The van der Waals surface area contributed by atoms with Crippen molar-refractivity contribution >= 4 is 5.97 Å². The van der Waals surface area contributed by atoms with Crippen LogP contribution >= 0.6 is 0 Å². The molecular formula is C12H15NO3. The van der Waals surface area contributed by atoms with Crippen LogP contribution in [0.25, 0.3) is 0 Å². The third kappa shape index (κ3) is 4.04. The molecule has 16 heavy (non-hydrogen) atoms. The second kappa shape index (κ2) is 5.80. The molecule has 0 fully saturated rings. The third-order valence-electron chi connectivity index (χ3n) is 2.07. The lowest BCUT2D eigenvalue weighted by Gasteiger charge is -2.06. The third-order valence-corrected chi connectivity index (χ3v) is 2.07. The first-order chi connectivity index (χ1) is 7.61. The van der Waals surface area contributed by atoms with Crippen molar-refractivity contribution in [1.82, 2.24) is 5.32 Å². The van der Waals surface area contributed by atoms with Crippen molar-refractivity contribution in [2.75, 3.05) is 7.11 Å². The van der Waals surface area contributed by atoms with E-state index in [-0.39, 0.29) is 0 Å². The summed E-state index contributed by atoms with van der Waals surface area (Å²) in [6.45, 7) is 2.32. The first-order valence-electron chi connectivity index (χ1n) is 4.90. The standard InChI is InChI=1S/C12H15NO3/c1-9(7-12(14)15)13-8-10-3-5-11(16-2)6-4-10/h3-7,13H,8H2,1-2H3,(H,14,15). The van der Waals surface area contributed by atoms with E-state index in [9.17, 15) is 4.79 Å². The zero-order valence-electron chi connectivity index (χ0n) is 9.36. The summed E-state index contributed by atoms with van der Waals surface area (Å²) in [7, 11) is 1.62. The van der Waals surface area contributed by atoms with Crippen LogP contribution in [0.15, 0.2) is 36.0 Å². The maximum Gasteiger partial charge on any atom is 0.330 e. The van der Waals surface area contributed by atoms with E-state index in [0.29, 0.717) is 12.2 Å². The Bertz CT molecular complexity index is 382. The van der Waals surface area contributed by atoms with E-state index in [1.807, 2.05) is 24.3 Å². The number of benzene rings is 1. The molecule has 2 N–H and O–H groups in total. The molecule has 0 heterocycles. The Balaban J connectivity index is 2.51. The Morgan fingerprint density at radius 2 is 2.06 bits per heavy atom. The first kappa shape index (κ1) is 12.1. The number of hydrogen-bond acceptors (Lipinski definition) is 3. The van der Waals surface area contributed by atoms with E-state index in [1.54, 1.807) is 14.0 Å². The average molecular weight is 221 g/mol. The van der Waals surface area contributed by atoms with Crippen LogP contribution in [0, 0.1) is 0 Å². The lowest BCUT2D eigenvalue weighted by molar-refractivity contribution is -0.131. The van der Waals surface area contributed by atoms with Gasteiger partial charge in [0.1, 0.15) is 5.75 Å². The van der Waals surface area contributed by atoms with Crippen LogP contribution in [-0.2, 0) is 11.3 Å². The molecule has 0 aliphatic carbocycles. The highest BCUT2D eigenvalue weighted by atomic mass is 16.5. The maximum absolute atomic E-state index is 10.4. The largest absolute Gasteiger partial charge is 0.497 e. The summed E-state index contributed by atoms with van der Waals surface area (Å²) < 4.78 is 5.04. The van der Waals surface area contributed by atoms with Crippen LogP contribution < -0.4 is 10.1 Å². The Morgan fingerprint density at radius 3 is 2.56 bits per heavy atom. The molecule has 0 aliphatic rings. The summed E-state index contributed by atoms with van der Waals surface area (Å²) in [4.78, 5) is 10.4. The van der Waals surface area contributed by atoms with Gasteiger partial charge in [-0.2, -0.15) is 0 Å². The predicted molar refractivity (Wildman–Crippen MR) is 61.2 cm³/mol. The van der Waals surface area contributed by atoms with Crippen molar-refractivity contribution in [2.24, 2.45) is 0 Å². The van der Waals surface area contributed by atoms with Crippen LogP contribution in [0.4, 0.5) is 0 Å². The molecule has 0 radical (unpaired) electrons. The summed E-state index contributed by atoms with van der Waals surface area (Å²) >= 11 is 0. The van der Waals surface area contributed by atoms with Crippen LogP contribution in [0.3, 0.4) is 0 Å². The van der Waals surface area contributed by atoms with Gasteiger partial charge in [0, 0.05) is 18.3 Å². The second-order valence-electron chi connectivity index (χ2n) is 3.37. The predicted octanol–water partition coefficient (Wildman–Crippen LogP) is 1.77. The number of nitrogens with one attached hydrogen (secondary N) is 1. The van der Waals surface area contributed by atoms with Crippen LogP contribution in [0.5, 0.6) is 5.75 Å². The van der Waals surface area contributed by atoms with E-state index in [0.717, 1.165) is 17.4 Å². The van der Waals surface area contributed by atoms with E-state index in [2.05, 4.69) is 5.32 Å². The Hall–Kier alpha value is -1.97. The molecule has 1 aromatic rings. The number of carbonyl (C=O) groups is 1. The summed E-state index contributed by atoms with van der Waals surface area (Å²) in [5.41, 5.74) is 1.70. The van der Waals surface area contributed by atoms with Crippen LogP contribution in [0.2, 0.25) is 0 Å². The topological polar surface area (TPSA) is 58.6 Å². The van der Waals surface area contributed by atoms with Crippen molar-refractivity contribution < 1.29 is 14.6 Å². The zero-order chi connectivity index (χ0) is 12.0. The fourth-order valence-electron chi connectivity index (χ4n) is 1.22. The number of carboxylic acids is 1. The number of ether oxygens (including phenoxy) is 1. The minimum Gasteiger partial charge on any atom is -0.497 e. The second-order valence-corrected chi connectivity index (χ2v) is 3.37. The molecule has 0 saturated carbocycles. The van der Waals surface area contributed by atoms with Gasteiger partial charge in [0.2, 0.25) is 0 Å². The number of aliphatic carboxylic acids is 1. The molecule has 86 valence electrons. The van der Waals surface area contributed by atoms with Crippen molar-refractivity contribution in [3.05, 3.63) is 41.6 Å². The van der Waals surface area contributed by atoms with Gasteiger partial charge in [0.05, 0.1) is 7.11 Å². The van der Waals surface area contributed by atoms with Gasteiger partial charge in [0.25, 0.3) is 0 Å². The molecular weight excluding hydrogens is 206 g/mol. The Kier molecular flexibility index (Phi) is 4.39. The molecule has 0 spiro atoms. The highest BCUT2D eigenvalue weighted by Crippen LogP contribution is 2.11. The molecule has 0 saturated heterocycles. The van der Waals surface area contributed by atoms with Gasteiger partial charge in [0.15, 0.2) is 0 Å². The number of methoxy groups -OCH3 is 1. The molecule has 0 unspecified atom stereocenters. The maximum atomic E-state index is 10.4. The Labute approximate surface area is 94.6 Å². The number of carboxylic acid groups (broad SMARTS) is 1. The van der Waals surface area contributed by atoms with Gasteiger partial charge in [-0.1, -0.05) is 12.1 Å². The van der Waals surface area contributed by atoms with Gasteiger partial charge in [-0.25, -0.2) is 4.79 Å². The van der Waals surface area contributed by atoms with Crippen molar-refractivity contribution in [1.29, 1.82) is 0 Å². The number of rotatable bonds is 5. The van der Waals surface area contributed by atoms with E-state index in [1.165, 1.54) is 0 Å². The van der Waals surface area contributed by atoms with Crippen LogP contribution in [0.1, 0.15) is 12.5 Å². The van der Waals surface area contributed by atoms with Gasteiger partial charge in [-0.3, -0.25) is 0 Å². The first-order valence-corrected chi connectivity index (χ1v) is 4.90. The SMILES string of the molecule is COc1ccc(CNC(C)=CC(=O)O)cc1. The monoisotopic (exact) mass is 221 g/mol. The molecule has 4 heteroatoms. The molecule has 1 aromatic carbocycles. The number of hydrogen-bond donors (Lipinski definition) is 2. The van der Waals surface area contributed by atoms with Gasteiger partial charge in [-0.15, -0.1) is 0 Å². The van der Waals surface area contributed by atoms with E-state index in [4.69, 9.17) is 9.84 Å². The molecule has 0 atom stereocenters. The summed E-state index contributed by atoms with van der Waals surface area (Å²) in [5.74, 6) is -0.138. The molecule has 0 aliphatic heterocycles. The van der Waals surface area contributed by atoms with Crippen LogP contribution in [-0.4, -0.2) is 18.2 Å². The molecule has 4 nitrogen and oxygen atoms in total. The lowest BCUT2D eigenvalue weighted by atomic mass is 10.2. The summed E-state index contributed by atoms with van der Waals surface area (Å²) in [6.07, 6.45) is 1.14. The molecule has 0 bridgehead atoms. The van der Waals surface area contributed by atoms with Crippen molar-refractivity contribution in [3.8, 4) is 5.75 Å². The zero-order valence-corrected chi connectivity index (χ0v) is 9.36. The molecule has 0 aromatic heterocycles. The summed E-state index contributed by atoms with van der Waals surface area (Å²) in [5, 5.41) is 11.5. The van der Waals surface area contributed by atoms with Gasteiger partial charge >= 0.3 is 5.97 Å². The fourth-order valence-corrected chi connectivity index (χ4v) is 1.22. The Morgan fingerprint density at radius 1 is 1.44 bits per heavy atom. The molecule has 1 rings (SSSR count). The highest BCUT2D eigenvalue weighted by Gasteiger charge is 1.96. The van der Waals surface area contributed by atoms with Gasteiger partial charge in [-0.05, 0) is 24.6 Å². The van der Waals surface area contributed by atoms with Gasteiger partial charge < -0.3 is 15.2 Å². The lowest BCUT2D eigenvalue weighted by Crippen LogP contribution is -2.11. The van der Waals surface area contributed by atoms with E-state index < -0.39 is 5.97 Å². The van der Waals surface area contributed by atoms with Crippen molar-refractivity contribution in [3.63, 3.8) is 0 Å².